The van der Waals surface area contributed by atoms with Crippen molar-refractivity contribution >= 4 is 47.0 Å². The molecule has 144 valence electrons. The van der Waals surface area contributed by atoms with E-state index in [4.69, 9.17) is 22.1 Å². The standard InChI is InChI=1S/C18H18ClN3O4.ClH/c1-11(26-17-8-7-12(19)10-16(17)22(24)25)18(23)21-9-3-4-13-14(20)5-2-6-15(13)21;/h2,5-8,10-11H,3-4,9,20H2,1H3;1H. The lowest BCUT2D eigenvalue weighted by molar-refractivity contribution is -0.386. The minimum Gasteiger partial charge on any atom is -0.474 e. The van der Waals surface area contributed by atoms with E-state index in [1.54, 1.807) is 17.9 Å². The number of nitrogens with zero attached hydrogens (tertiary/aromatic N) is 2. The van der Waals surface area contributed by atoms with Crippen LogP contribution in [0, 0.1) is 10.1 Å². The molecule has 2 N–H and O–H groups in total. The third-order valence-corrected chi connectivity index (χ3v) is 4.56. The van der Waals surface area contributed by atoms with Gasteiger partial charge in [-0.3, -0.25) is 14.9 Å². The number of nitro benzene ring substituents is 1. The molecule has 27 heavy (non-hydrogen) atoms. The molecule has 1 heterocycles. The number of nitrogen functional groups attached to an aromatic ring is 1. The molecule has 1 aliphatic heterocycles. The molecule has 0 radical (unpaired) electrons. The van der Waals surface area contributed by atoms with E-state index < -0.39 is 11.0 Å². The summed E-state index contributed by atoms with van der Waals surface area (Å²) in [7, 11) is 0. The quantitative estimate of drug-likeness (QED) is 0.465. The summed E-state index contributed by atoms with van der Waals surface area (Å²) in [5, 5.41) is 11.4. The first kappa shape index (κ1) is 20.8. The molecule has 0 aliphatic carbocycles. The maximum Gasteiger partial charge on any atom is 0.312 e. The number of anilines is 2. The average Bonchev–Trinajstić information content (AvgIpc) is 2.62. The number of benzene rings is 2. The van der Waals surface area contributed by atoms with Crippen LogP contribution in [0.4, 0.5) is 17.1 Å². The van der Waals surface area contributed by atoms with Crippen LogP contribution < -0.4 is 15.4 Å². The zero-order valence-corrected chi connectivity index (χ0v) is 16.1. The Balaban J connectivity index is 0.00000261. The van der Waals surface area contributed by atoms with Crippen molar-refractivity contribution < 1.29 is 14.5 Å². The number of fused-ring (bicyclic) bond motifs is 1. The number of halogens is 2. The SMILES string of the molecule is CC(Oc1ccc(Cl)cc1[N+](=O)[O-])C(=O)N1CCCc2c(N)cccc21.Cl. The number of carbonyl (C=O) groups is 1. The molecule has 0 spiro atoms. The molecule has 9 heteroatoms. The van der Waals surface area contributed by atoms with Crippen LogP contribution >= 0.6 is 24.0 Å². The van der Waals surface area contributed by atoms with Crippen LogP contribution in [0.25, 0.3) is 0 Å². The van der Waals surface area contributed by atoms with Crippen molar-refractivity contribution in [3.8, 4) is 5.75 Å². The topological polar surface area (TPSA) is 98.7 Å². The fraction of sp³-hybridized carbons (Fsp3) is 0.278. The fourth-order valence-electron chi connectivity index (χ4n) is 3.07. The third kappa shape index (κ3) is 4.26. The summed E-state index contributed by atoms with van der Waals surface area (Å²) >= 11 is 5.81. The summed E-state index contributed by atoms with van der Waals surface area (Å²) in [4.78, 5) is 25.1. The van der Waals surface area contributed by atoms with Gasteiger partial charge in [0.1, 0.15) is 0 Å². The summed E-state index contributed by atoms with van der Waals surface area (Å²) in [6.07, 6.45) is 0.701. The number of nitrogens with two attached hydrogens (primary N) is 1. The first-order chi connectivity index (χ1) is 12.4. The van der Waals surface area contributed by atoms with Gasteiger partial charge in [0.25, 0.3) is 5.91 Å². The minimum atomic E-state index is -0.901. The van der Waals surface area contributed by atoms with E-state index in [-0.39, 0.29) is 34.8 Å². The molecule has 0 aromatic heterocycles. The largest absolute Gasteiger partial charge is 0.474 e. The highest BCUT2D eigenvalue weighted by atomic mass is 35.5. The molecule has 0 bridgehead atoms. The van der Waals surface area contributed by atoms with E-state index in [0.29, 0.717) is 12.2 Å². The molecular formula is C18H19Cl2N3O4. The van der Waals surface area contributed by atoms with Gasteiger partial charge in [0.15, 0.2) is 11.9 Å². The van der Waals surface area contributed by atoms with Gasteiger partial charge in [-0.2, -0.15) is 0 Å². The molecule has 1 unspecified atom stereocenters. The Hall–Kier alpha value is -2.51. The van der Waals surface area contributed by atoms with Crippen LogP contribution in [-0.2, 0) is 11.2 Å². The molecule has 1 aliphatic rings. The average molecular weight is 412 g/mol. The molecule has 1 atom stereocenters. The molecular weight excluding hydrogens is 393 g/mol. The lowest BCUT2D eigenvalue weighted by Gasteiger charge is -2.32. The van der Waals surface area contributed by atoms with Crippen LogP contribution in [0.3, 0.4) is 0 Å². The van der Waals surface area contributed by atoms with Crippen molar-refractivity contribution in [3.05, 3.63) is 57.1 Å². The summed E-state index contributed by atoms with van der Waals surface area (Å²) in [5.41, 5.74) is 8.10. The predicted octanol–water partition coefficient (Wildman–Crippen LogP) is 4.00. The monoisotopic (exact) mass is 411 g/mol. The molecule has 3 rings (SSSR count). The van der Waals surface area contributed by atoms with E-state index in [2.05, 4.69) is 0 Å². The van der Waals surface area contributed by atoms with Crippen molar-refractivity contribution in [2.24, 2.45) is 0 Å². The maximum absolute atomic E-state index is 12.9. The Bertz CT molecular complexity index is 876. The fourth-order valence-corrected chi connectivity index (χ4v) is 3.24. The molecule has 0 saturated carbocycles. The Kier molecular flexibility index (Phi) is 6.51. The molecule has 1 amide bonds. The lowest BCUT2D eigenvalue weighted by Crippen LogP contribution is -2.43. The van der Waals surface area contributed by atoms with Crippen molar-refractivity contribution in [3.63, 3.8) is 0 Å². The van der Waals surface area contributed by atoms with Gasteiger partial charge >= 0.3 is 5.69 Å². The Morgan fingerprint density at radius 3 is 2.81 bits per heavy atom. The molecule has 2 aromatic carbocycles. The van der Waals surface area contributed by atoms with Gasteiger partial charge in [0.05, 0.1) is 4.92 Å². The van der Waals surface area contributed by atoms with Crippen LogP contribution in [-0.4, -0.2) is 23.5 Å². The summed E-state index contributed by atoms with van der Waals surface area (Å²) < 4.78 is 5.60. The second kappa shape index (κ2) is 8.45. The predicted molar refractivity (Wildman–Crippen MR) is 107 cm³/mol. The Morgan fingerprint density at radius 2 is 2.11 bits per heavy atom. The zero-order chi connectivity index (χ0) is 18.8. The number of ether oxygens (including phenoxy) is 1. The smallest absolute Gasteiger partial charge is 0.312 e. The molecule has 0 saturated heterocycles. The number of hydrogen-bond donors (Lipinski definition) is 1. The molecule has 7 nitrogen and oxygen atoms in total. The van der Waals surface area contributed by atoms with E-state index in [1.807, 2.05) is 12.1 Å². The Morgan fingerprint density at radius 1 is 1.37 bits per heavy atom. The zero-order valence-electron chi connectivity index (χ0n) is 14.6. The second-order valence-corrected chi connectivity index (χ2v) is 6.50. The molecule has 2 aromatic rings. The van der Waals surface area contributed by atoms with Gasteiger partial charge < -0.3 is 15.4 Å². The van der Waals surface area contributed by atoms with Crippen molar-refractivity contribution in [1.82, 2.24) is 0 Å². The Labute approximate surface area is 167 Å². The summed E-state index contributed by atoms with van der Waals surface area (Å²) in [6, 6.07) is 9.54. The lowest BCUT2D eigenvalue weighted by atomic mass is 9.99. The van der Waals surface area contributed by atoms with Crippen LogP contribution in [0.15, 0.2) is 36.4 Å². The number of rotatable bonds is 4. The summed E-state index contributed by atoms with van der Waals surface area (Å²) in [5.74, 6) is -0.272. The number of nitro groups is 1. The van der Waals surface area contributed by atoms with E-state index in [9.17, 15) is 14.9 Å². The van der Waals surface area contributed by atoms with E-state index >= 15 is 0 Å². The van der Waals surface area contributed by atoms with Crippen LogP contribution in [0.1, 0.15) is 18.9 Å². The third-order valence-electron chi connectivity index (χ3n) is 4.32. The first-order valence-electron chi connectivity index (χ1n) is 8.18. The maximum atomic E-state index is 12.9. The normalized spacial score (nSPS) is 13.9. The highest BCUT2D eigenvalue weighted by Gasteiger charge is 2.29. The van der Waals surface area contributed by atoms with Crippen molar-refractivity contribution in [2.75, 3.05) is 17.2 Å². The highest BCUT2D eigenvalue weighted by molar-refractivity contribution is 6.30. The van der Waals surface area contributed by atoms with Gasteiger partial charge in [0, 0.05) is 29.0 Å². The number of carbonyl (C=O) groups excluding carboxylic acids is 1. The van der Waals surface area contributed by atoms with E-state index in [0.717, 1.165) is 24.1 Å². The van der Waals surface area contributed by atoms with Gasteiger partial charge in [-0.1, -0.05) is 17.7 Å². The molecule has 0 fully saturated rings. The van der Waals surface area contributed by atoms with Gasteiger partial charge in [-0.05, 0) is 49.6 Å². The van der Waals surface area contributed by atoms with Gasteiger partial charge in [0.2, 0.25) is 0 Å². The number of amides is 1. The minimum absolute atomic E-state index is 0. The highest BCUT2D eigenvalue weighted by Crippen LogP contribution is 2.33. The van der Waals surface area contributed by atoms with Crippen molar-refractivity contribution in [2.45, 2.75) is 25.9 Å². The van der Waals surface area contributed by atoms with Gasteiger partial charge in [-0.25, -0.2) is 0 Å². The summed E-state index contributed by atoms with van der Waals surface area (Å²) in [6.45, 7) is 2.12. The van der Waals surface area contributed by atoms with Crippen LogP contribution in [0.2, 0.25) is 5.02 Å². The second-order valence-electron chi connectivity index (χ2n) is 6.07. The van der Waals surface area contributed by atoms with Crippen molar-refractivity contribution in [1.29, 1.82) is 0 Å². The first-order valence-corrected chi connectivity index (χ1v) is 8.55. The van der Waals surface area contributed by atoms with Gasteiger partial charge in [-0.15, -0.1) is 12.4 Å². The van der Waals surface area contributed by atoms with E-state index in [1.165, 1.54) is 18.2 Å². The van der Waals surface area contributed by atoms with Crippen LogP contribution in [0.5, 0.6) is 5.75 Å². The number of hydrogen-bond acceptors (Lipinski definition) is 5.